The number of fused-ring (bicyclic) bond motifs is 11. The summed E-state index contributed by atoms with van der Waals surface area (Å²) in [5.74, 6) is 1.38. The quantitative estimate of drug-likeness (QED) is 0.196. The molecule has 7 aromatic carbocycles. The molecule has 0 aliphatic heterocycles. The van der Waals surface area contributed by atoms with Crippen LogP contribution in [0, 0.1) is 0 Å². The number of nitrogens with zero attached hydrogens (tertiary/aromatic N) is 4. The summed E-state index contributed by atoms with van der Waals surface area (Å²) < 4.78 is 11.4. The molecule has 0 spiro atoms. The Bertz CT molecular complexity index is 3100. The van der Waals surface area contributed by atoms with Crippen LogP contribution in [0.2, 0.25) is 0 Å². The molecule has 4 heterocycles. The molecule has 0 radical (unpaired) electrons. The fourth-order valence-corrected chi connectivity index (χ4v) is 7.78. The second kappa shape index (κ2) is 9.89. The van der Waals surface area contributed by atoms with Crippen molar-refractivity contribution in [2.24, 2.45) is 0 Å². The average molecular weight is 627 g/mol. The van der Waals surface area contributed by atoms with E-state index < -0.39 is 0 Å². The predicted molar refractivity (Wildman–Crippen MR) is 201 cm³/mol. The Balaban J connectivity index is 1.32. The van der Waals surface area contributed by atoms with Gasteiger partial charge in [0.25, 0.3) is 0 Å². The zero-order valence-corrected chi connectivity index (χ0v) is 26.2. The van der Waals surface area contributed by atoms with Crippen LogP contribution < -0.4 is 0 Å². The minimum atomic E-state index is 0.659. The van der Waals surface area contributed by atoms with Gasteiger partial charge in [-0.2, -0.15) is 0 Å². The molecule has 5 heteroatoms. The molecule has 49 heavy (non-hydrogen) atoms. The number of hydrogen-bond donors (Lipinski definition) is 0. The molecule has 0 aliphatic carbocycles. The summed E-state index contributed by atoms with van der Waals surface area (Å²) >= 11 is 0. The predicted octanol–water partition coefficient (Wildman–Crippen LogP) is 11.4. The fourth-order valence-electron chi connectivity index (χ4n) is 7.78. The summed E-state index contributed by atoms with van der Waals surface area (Å²) in [6, 6.07) is 55.3. The first kappa shape index (κ1) is 26.4. The zero-order chi connectivity index (χ0) is 32.1. The molecule has 0 bridgehead atoms. The van der Waals surface area contributed by atoms with E-state index in [0.29, 0.717) is 11.4 Å². The highest BCUT2D eigenvalue weighted by Gasteiger charge is 2.24. The summed E-state index contributed by atoms with van der Waals surface area (Å²) in [4.78, 5) is 10.5. The van der Waals surface area contributed by atoms with Crippen LogP contribution in [0.4, 0.5) is 0 Å². The molecule has 11 rings (SSSR count). The minimum absolute atomic E-state index is 0.659. The lowest BCUT2D eigenvalue weighted by atomic mass is 10.1. The SMILES string of the molecule is c1ccc(-c2nc(-n3c4ccccc4c4c5c6ccccc6n(-c6ccccc6)c5ccc43)c3oc4cc5ccccc5cc4c3n2)cc1. The Labute approximate surface area is 279 Å². The van der Waals surface area contributed by atoms with Crippen LogP contribution in [0.3, 0.4) is 0 Å². The Morgan fingerprint density at radius 3 is 1.73 bits per heavy atom. The lowest BCUT2D eigenvalue weighted by Gasteiger charge is -2.10. The maximum atomic E-state index is 6.77. The van der Waals surface area contributed by atoms with Crippen LogP contribution in [0.25, 0.3) is 99.3 Å². The van der Waals surface area contributed by atoms with E-state index in [-0.39, 0.29) is 0 Å². The molecule has 5 nitrogen and oxygen atoms in total. The lowest BCUT2D eigenvalue weighted by molar-refractivity contribution is 0.663. The molecular formula is C44H26N4O. The van der Waals surface area contributed by atoms with Crippen molar-refractivity contribution >= 4 is 76.5 Å². The van der Waals surface area contributed by atoms with E-state index in [0.717, 1.165) is 66.3 Å². The molecule has 0 saturated heterocycles. The van der Waals surface area contributed by atoms with Gasteiger partial charge in [0.05, 0.1) is 22.1 Å². The molecule has 11 aromatic rings. The van der Waals surface area contributed by atoms with E-state index in [1.54, 1.807) is 0 Å². The summed E-state index contributed by atoms with van der Waals surface area (Å²) in [6.07, 6.45) is 0. The molecule has 0 unspecified atom stereocenters. The Morgan fingerprint density at radius 2 is 1.02 bits per heavy atom. The van der Waals surface area contributed by atoms with Crippen molar-refractivity contribution in [1.29, 1.82) is 0 Å². The van der Waals surface area contributed by atoms with Gasteiger partial charge in [0.15, 0.2) is 17.2 Å². The number of furan rings is 1. The van der Waals surface area contributed by atoms with Gasteiger partial charge in [-0.3, -0.25) is 4.57 Å². The van der Waals surface area contributed by atoms with E-state index in [4.69, 9.17) is 14.4 Å². The number of para-hydroxylation sites is 3. The molecule has 0 saturated carbocycles. The third kappa shape index (κ3) is 3.70. The Hall–Kier alpha value is -6.72. The van der Waals surface area contributed by atoms with Crippen molar-refractivity contribution in [3.63, 3.8) is 0 Å². The number of hydrogen-bond acceptors (Lipinski definition) is 3. The monoisotopic (exact) mass is 626 g/mol. The van der Waals surface area contributed by atoms with Crippen LogP contribution >= 0.6 is 0 Å². The van der Waals surface area contributed by atoms with Crippen molar-refractivity contribution in [2.75, 3.05) is 0 Å². The van der Waals surface area contributed by atoms with Gasteiger partial charge in [-0.1, -0.05) is 109 Å². The van der Waals surface area contributed by atoms with Gasteiger partial charge >= 0.3 is 0 Å². The largest absolute Gasteiger partial charge is 0.450 e. The summed E-state index contributed by atoms with van der Waals surface area (Å²) in [5, 5.41) is 8.03. The second-order valence-corrected chi connectivity index (χ2v) is 12.6. The first-order chi connectivity index (χ1) is 24.3. The van der Waals surface area contributed by atoms with Crippen LogP contribution in [0.1, 0.15) is 0 Å². The van der Waals surface area contributed by atoms with Crippen molar-refractivity contribution in [2.45, 2.75) is 0 Å². The molecule has 0 N–H and O–H groups in total. The Morgan fingerprint density at radius 1 is 0.449 bits per heavy atom. The first-order valence-corrected chi connectivity index (χ1v) is 16.5. The number of aromatic nitrogens is 4. The van der Waals surface area contributed by atoms with Gasteiger partial charge in [-0.05, 0) is 59.3 Å². The van der Waals surface area contributed by atoms with E-state index in [2.05, 4.69) is 149 Å². The molecule has 0 aliphatic rings. The third-order valence-electron chi connectivity index (χ3n) is 9.89. The van der Waals surface area contributed by atoms with Gasteiger partial charge in [0, 0.05) is 38.2 Å². The second-order valence-electron chi connectivity index (χ2n) is 12.6. The van der Waals surface area contributed by atoms with Gasteiger partial charge in [-0.25, -0.2) is 9.97 Å². The van der Waals surface area contributed by atoms with Gasteiger partial charge in [0.2, 0.25) is 0 Å². The first-order valence-electron chi connectivity index (χ1n) is 16.5. The van der Waals surface area contributed by atoms with Crippen LogP contribution in [0.15, 0.2) is 162 Å². The summed E-state index contributed by atoms with van der Waals surface area (Å²) in [7, 11) is 0. The third-order valence-corrected chi connectivity index (χ3v) is 9.89. The molecule has 0 atom stereocenters. The number of rotatable bonds is 3. The standard InChI is InChI=1S/C44H26N4O/c1-3-13-27(14-4-1)43-45-41-33-25-28-15-7-8-16-29(28)26-38(33)49-42(41)44(46-43)48-35-22-12-10-20-32(35)40-37(48)24-23-36-39(40)31-19-9-11-21-34(31)47(36)30-17-5-2-6-18-30/h1-26H. The highest BCUT2D eigenvalue weighted by Crippen LogP contribution is 2.44. The highest BCUT2D eigenvalue weighted by molar-refractivity contribution is 6.29. The van der Waals surface area contributed by atoms with E-state index >= 15 is 0 Å². The van der Waals surface area contributed by atoms with Gasteiger partial charge in [-0.15, -0.1) is 0 Å². The Kier molecular flexibility index (Phi) is 5.32. The van der Waals surface area contributed by atoms with Crippen molar-refractivity contribution < 1.29 is 4.42 Å². The van der Waals surface area contributed by atoms with Gasteiger partial charge < -0.3 is 8.98 Å². The lowest BCUT2D eigenvalue weighted by Crippen LogP contribution is -2.01. The van der Waals surface area contributed by atoms with Crippen molar-refractivity contribution in [3.8, 4) is 22.9 Å². The molecule has 0 fully saturated rings. The smallest absolute Gasteiger partial charge is 0.197 e. The molecular weight excluding hydrogens is 601 g/mol. The maximum absolute atomic E-state index is 6.77. The van der Waals surface area contributed by atoms with Gasteiger partial charge in [0.1, 0.15) is 11.1 Å². The average Bonchev–Trinajstić information content (AvgIpc) is 3.81. The normalized spacial score (nSPS) is 12.1. The van der Waals surface area contributed by atoms with Crippen molar-refractivity contribution in [1.82, 2.24) is 19.1 Å². The highest BCUT2D eigenvalue weighted by atomic mass is 16.3. The minimum Gasteiger partial charge on any atom is -0.450 e. The van der Waals surface area contributed by atoms with Crippen LogP contribution in [-0.4, -0.2) is 19.1 Å². The molecule has 4 aromatic heterocycles. The fraction of sp³-hybridized carbons (Fsp3) is 0. The van der Waals surface area contributed by atoms with Crippen LogP contribution in [0.5, 0.6) is 0 Å². The summed E-state index contributed by atoms with van der Waals surface area (Å²) in [5.41, 5.74) is 8.82. The van der Waals surface area contributed by atoms with Crippen LogP contribution in [-0.2, 0) is 0 Å². The van der Waals surface area contributed by atoms with E-state index in [1.807, 2.05) is 18.2 Å². The molecule has 0 amide bonds. The topological polar surface area (TPSA) is 48.8 Å². The summed E-state index contributed by atoms with van der Waals surface area (Å²) in [6.45, 7) is 0. The number of benzene rings is 7. The van der Waals surface area contributed by atoms with E-state index in [1.165, 1.54) is 21.7 Å². The van der Waals surface area contributed by atoms with Crippen molar-refractivity contribution in [3.05, 3.63) is 158 Å². The molecule has 228 valence electrons. The van der Waals surface area contributed by atoms with E-state index in [9.17, 15) is 0 Å². The zero-order valence-electron chi connectivity index (χ0n) is 26.2. The maximum Gasteiger partial charge on any atom is 0.197 e.